The summed E-state index contributed by atoms with van der Waals surface area (Å²) in [5.74, 6) is -1.62. The smallest absolute Gasteiger partial charge is 0.416 e. The molecular weight excluding hydrogens is 514 g/mol. The molecule has 1 fully saturated rings. The molecule has 33 heavy (non-hydrogen) atoms. The molecule has 2 N–H and O–H groups in total. The van der Waals surface area contributed by atoms with Gasteiger partial charge in [-0.2, -0.15) is 26.3 Å². The lowest BCUT2D eigenvalue weighted by molar-refractivity contribution is -0.143. The third-order valence-corrected chi connectivity index (χ3v) is 6.40. The second-order valence-corrected chi connectivity index (χ2v) is 9.22. The van der Waals surface area contributed by atoms with Crippen LogP contribution in [0.1, 0.15) is 22.4 Å². The number of amides is 1. The molecule has 0 unspecified atom stereocenters. The minimum Gasteiger partial charge on any atom is -0.481 e. The first kappa shape index (κ1) is 25.2. The first-order valence-electron chi connectivity index (χ1n) is 8.87. The summed E-state index contributed by atoms with van der Waals surface area (Å²) in [4.78, 5) is 23.6. The van der Waals surface area contributed by atoms with Crippen LogP contribution in [0.2, 0.25) is 0 Å². The lowest BCUT2D eigenvalue weighted by Gasteiger charge is -2.14. The molecule has 2 heterocycles. The second kappa shape index (κ2) is 9.44. The van der Waals surface area contributed by atoms with Crippen molar-refractivity contribution in [2.24, 2.45) is 0 Å². The highest BCUT2D eigenvalue weighted by Crippen LogP contribution is 2.40. The maximum absolute atomic E-state index is 13.1. The van der Waals surface area contributed by atoms with Gasteiger partial charge in [-0.15, -0.1) is 11.3 Å². The number of nitrogens with zero attached hydrogens (tertiary/aromatic N) is 1. The van der Waals surface area contributed by atoms with Crippen molar-refractivity contribution in [1.29, 1.82) is 0 Å². The Bertz CT molecular complexity index is 1110. The summed E-state index contributed by atoms with van der Waals surface area (Å²) in [5.41, 5.74) is -0.400. The second-order valence-electron chi connectivity index (χ2n) is 6.60. The molecule has 2 aromatic rings. The lowest BCUT2D eigenvalue weighted by Crippen LogP contribution is -2.42. The Labute approximate surface area is 196 Å². The van der Waals surface area contributed by atoms with Gasteiger partial charge in [0.05, 0.1) is 22.5 Å². The van der Waals surface area contributed by atoms with E-state index in [1.54, 1.807) is 0 Å². The molecule has 0 aliphatic carbocycles. The number of thioether (sulfide) groups is 1. The predicted molar refractivity (Wildman–Crippen MR) is 115 cm³/mol. The number of hydrogen-bond acceptors (Lipinski definition) is 6. The van der Waals surface area contributed by atoms with Crippen LogP contribution in [-0.2, 0) is 21.9 Å². The van der Waals surface area contributed by atoms with Crippen molar-refractivity contribution in [2.45, 2.75) is 18.8 Å². The minimum absolute atomic E-state index is 0.0463. The average molecular weight is 527 g/mol. The molecule has 1 saturated heterocycles. The number of carboxylic acids is 1. The molecule has 1 aliphatic rings. The van der Waals surface area contributed by atoms with E-state index in [2.05, 4.69) is 5.43 Å². The first-order valence-corrected chi connectivity index (χ1v) is 11.0. The van der Waals surface area contributed by atoms with E-state index in [1.165, 1.54) is 17.5 Å². The maximum atomic E-state index is 13.1. The van der Waals surface area contributed by atoms with Crippen LogP contribution in [0.4, 0.5) is 26.3 Å². The Kier molecular flexibility index (Phi) is 7.21. The fourth-order valence-corrected chi connectivity index (χ4v) is 4.84. The number of hydrazine groups is 1. The molecule has 1 aromatic heterocycles. The number of hydrogen-bond donors (Lipinski definition) is 2. The van der Waals surface area contributed by atoms with Gasteiger partial charge in [-0.1, -0.05) is 24.0 Å². The van der Waals surface area contributed by atoms with E-state index in [0.29, 0.717) is 17.0 Å². The summed E-state index contributed by atoms with van der Waals surface area (Å²) in [6.45, 7) is -0.0463. The Morgan fingerprint density at radius 3 is 2.21 bits per heavy atom. The predicted octanol–water partition coefficient (Wildman–Crippen LogP) is 5.63. The number of carbonyl (C=O) groups excluding carboxylic acids is 1. The van der Waals surface area contributed by atoms with Crippen LogP contribution in [0.15, 0.2) is 34.6 Å². The largest absolute Gasteiger partial charge is 0.481 e. The van der Waals surface area contributed by atoms with Gasteiger partial charge in [-0.3, -0.25) is 9.59 Å². The summed E-state index contributed by atoms with van der Waals surface area (Å²) in [5, 5.41) is 11.1. The molecule has 0 spiro atoms. The van der Waals surface area contributed by atoms with Gasteiger partial charge in [-0.25, -0.2) is 10.4 Å². The van der Waals surface area contributed by atoms with Crippen molar-refractivity contribution >= 4 is 57.6 Å². The topological polar surface area (TPSA) is 69.6 Å². The molecule has 176 valence electrons. The van der Waals surface area contributed by atoms with Crippen molar-refractivity contribution in [3.63, 3.8) is 0 Å². The highest BCUT2D eigenvalue weighted by atomic mass is 32.2. The van der Waals surface area contributed by atoms with Gasteiger partial charge in [0.1, 0.15) is 0 Å². The van der Waals surface area contributed by atoms with Gasteiger partial charge in [-0.05, 0) is 46.8 Å². The monoisotopic (exact) mass is 526 g/mol. The zero-order valence-electron chi connectivity index (χ0n) is 16.1. The third-order valence-electron chi connectivity index (χ3n) is 4.22. The van der Waals surface area contributed by atoms with Gasteiger partial charge >= 0.3 is 18.3 Å². The van der Waals surface area contributed by atoms with Crippen molar-refractivity contribution in [3.05, 3.63) is 50.6 Å². The van der Waals surface area contributed by atoms with E-state index >= 15 is 0 Å². The molecule has 0 atom stereocenters. The van der Waals surface area contributed by atoms with Crippen molar-refractivity contribution in [1.82, 2.24) is 10.4 Å². The summed E-state index contributed by atoms with van der Waals surface area (Å²) in [6, 6.07) is 2.68. The van der Waals surface area contributed by atoms with Gasteiger partial charge < -0.3 is 5.11 Å². The van der Waals surface area contributed by atoms with E-state index in [-0.39, 0.29) is 39.4 Å². The number of alkyl halides is 6. The van der Waals surface area contributed by atoms with Crippen LogP contribution in [-0.4, -0.2) is 32.9 Å². The molecule has 0 radical (unpaired) electrons. The lowest BCUT2D eigenvalue weighted by atomic mass is 10.0. The molecular formula is C19H12F6N2O3S3. The number of halogens is 6. The highest BCUT2D eigenvalue weighted by molar-refractivity contribution is 8.26. The molecule has 1 aliphatic heterocycles. The van der Waals surface area contributed by atoms with Gasteiger partial charge in [0.2, 0.25) is 0 Å². The standard InChI is InChI=1S/C19H12F6N2O3S3/c20-18(21,22)11-3-9(4-12(6-11)19(23,24)25)10-5-13(32-8-10)7-14-16(30)27(17(31)33-14)26-2-1-15(28)29/h3-8,26H,1-2H2,(H,28,29). The van der Waals surface area contributed by atoms with E-state index < -0.39 is 35.4 Å². The van der Waals surface area contributed by atoms with E-state index in [9.17, 15) is 35.9 Å². The van der Waals surface area contributed by atoms with Crippen LogP contribution in [0.25, 0.3) is 17.2 Å². The molecule has 1 aromatic carbocycles. The molecule has 3 rings (SSSR count). The van der Waals surface area contributed by atoms with Gasteiger partial charge in [0.25, 0.3) is 5.91 Å². The number of aliphatic carboxylic acids is 1. The van der Waals surface area contributed by atoms with Crippen LogP contribution in [0.3, 0.4) is 0 Å². The highest BCUT2D eigenvalue weighted by Gasteiger charge is 2.37. The zero-order chi connectivity index (χ0) is 24.6. The number of benzene rings is 1. The molecule has 0 bridgehead atoms. The van der Waals surface area contributed by atoms with Gasteiger partial charge in [0.15, 0.2) is 4.32 Å². The van der Waals surface area contributed by atoms with Crippen molar-refractivity contribution in [3.8, 4) is 11.1 Å². The Morgan fingerprint density at radius 2 is 1.67 bits per heavy atom. The number of thiocarbonyl (C=S) groups is 1. The molecule has 0 saturated carbocycles. The number of carbonyl (C=O) groups is 2. The molecule has 5 nitrogen and oxygen atoms in total. The first-order chi connectivity index (χ1) is 15.3. The van der Waals surface area contributed by atoms with Crippen LogP contribution in [0.5, 0.6) is 0 Å². The Balaban J connectivity index is 1.87. The number of thiophene rings is 1. The molecule has 14 heteroatoms. The number of carboxylic acid groups (broad SMARTS) is 1. The van der Waals surface area contributed by atoms with Crippen LogP contribution >= 0.6 is 35.3 Å². The minimum atomic E-state index is -4.96. The van der Waals surface area contributed by atoms with Crippen LogP contribution in [0, 0.1) is 0 Å². The van der Waals surface area contributed by atoms with Crippen molar-refractivity contribution in [2.75, 3.05) is 6.54 Å². The SMILES string of the molecule is O=C(O)CCNN1C(=O)C(=Cc2cc(-c3cc(C(F)(F)F)cc(C(F)(F)F)c3)cs2)SC1=S. The fraction of sp³-hybridized carbons (Fsp3) is 0.211. The van der Waals surface area contributed by atoms with Crippen molar-refractivity contribution < 1.29 is 41.0 Å². The van der Waals surface area contributed by atoms with Gasteiger partial charge in [0, 0.05) is 11.4 Å². The van der Waals surface area contributed by atoms with Crippen LogP contribution < -0.4 is 5.43 Å². The average Bonchev–Trinajstić information content (AvgIpc) is 3.26. The summed E-state index contributed by atoms with van der Waals surface area (Å²) in [6.07, 6.45) is -8.76. The molecule has 1 amide bonds. The number of rotatable bonds is 6. The Morgan fingerprint density at radius 1 is 1.06 bits per heavy atom. The normalized spacial score (nSPS) is 16.2. The van der Waals surface area contributed by atoms with E-state index in [0.717, 1.165) is 28.1 Å². The summed E-state index contributed by atoms with van der Waals surface area (Å²) in [7, 11) is 0. The maximum Gasteiger partial charge on any atom is 0.416 e. The van der Waals surface area contributed by atoms with E-state index in [1.807, 2.05) is 0 Å². The zero-order valence-corrected chi connectivity index (χ0v) is 18.5. The fourth-order valence-electron chi connectivity index (χ4n) is 2.71. The third kappa shape index (κ3) is 6.13. The number of nitrogens with one attached hydrogen (secondary N) is 1. The van der Waals surface area contributed by atoms with E-state index in [4.69, 9.17) is 17.3 Å². The quantitative estimate of drug-likeness (QED) is 0.289. The summed E-state index contributed by atoms with van der Waals surface area (Å²) >= 11 is 7.02. The summed E-state index contributed by atoms with van der Waals surface area (Å²) < 4.78 is 78.8. The Hall–Kier alpha value is -2.42.